The third-order valence-corrected chi connectivity index (χ3v) is 4.75. The summed E-state index contributed by atoms with van der Waals surface area (Å²) in [4.78, 5) is 2.39. The Morgan fingerprint density at radius 1 is 0.962 bits per heavy atom. The monoisotopic (exact) mass is 357 g/mol. The summed E-state index contributed by atoms with van der Waals surface area (Å²) in [5.74, 6) is 1.98. The molecule has 6 nitrogen and oxygen atoms in total. The molecule has 0 bridgehead atoms. The van der Waals surface area contributed by atoms with Gasteiger partial charge in [0, 0.05) is 25.2 Å². The van der Waals surface area contributed by atoms with Crippen molar-refractivity contribution in [1.29, 1.82) is 0 Å². The Kier molecular flexibility index (Phi) is 5.85. The second-order valence-corrected chi connectivity index (χ2v) is 6.55. The summed E-state index contributed by atoms with van der Waals surface area (Å²) in [6, 6.07) is 13.2. The zero-order valence-corrected chi connectivity index (χ0v) is 15.4. The molecule has 1 aliphatic rings. The van der Waals surface area contributed by atoms with Crippen LogP contribution in [0.2, 0.25) is 0 Å². The maximum absolute atomic E-state index is 6.22. The fraction of sp³-hybridized carbons (Fsp3) is 0.400. The molecule has 0 saturated carbocycles. The predicted octanol–water partition coefficient (Wildman–Crippen LogP) is 3.13. The average molecular weight is 357 g/mol. The van der Waals surface area contributed by atoms with Crippen LogP contribution in [0.3, 0.4) is 0 Å². The first kappa shape index (κ1) is 18.4. The summed E-state index contributed by atoms with van der Waals surface area (Å²) in [6.45, 7) is 7.67. The quantitative estimate of drug-likeness (QED) is 0.773. The molecule has 0 aliphatic carbocycles. The first-order valence-corrected chi connectivity index (χ1v) is 8.95. The van der Waals surface area contributed by atoms with E-state index in [1.165, 1.54) is 0 Å². The lowest BCUT2D eigenvalue weighted by atomic mass is 10.1. The van der Waals surface area contributed by atoms with Crippen LogP contribution in [0, 0.1) is 0 Å². The Labute approximate surface area is 154 Å². The second kappa shape index (κ2) is 8.29. The number of para-hydroxylation sites is 2. The van der Waals surface area contributed by atoms with E-state index in [1.807, 2.05) is 24.3 Å². The summed E-state index contributed by atoms with van der Waals surface area (Å²) >= 11 is 0. The van der Waals surface area contributed by atoms with E-state index in [9.17, 15) is 0 Å². The van der Waals surface area contributed by atoms with E-state index in [-0.39, 0.29) is 12.1 Å². The maximum Gasteiger partial charge on any atom is 0.169 e. The third-order valence-electron chi connectivity index (χ3n) is 4.75. The van der Waals surface area contributed by atoms with Crippen LogP contribution in [0.25, 0.3) is 0 Å². The van der Waals surface area contributed by atoms with Crippen molar-refractivity contribution in [3.05, 3.63) is 42.5 Å². The van der Waals surface area contributed by atoms with Gasteiger partial charge in [-0.3, -0.25) is 4.90 Å². The van der Waals surface area contributed by atoms with Crippen molar-refractivity contribution in [3.8, 4) is 17.2 Å². The van der Waals surface area contributed by atoms with Gasteiger partial charge in [-0.2, -0.15) is 0 Å². The molecule has 3 rings (SSSR count). The Morgan fingerprint density at radius 2 is 1.65 bits per heavy atom. The lowest BCUT2D eigenvalue weighted by Crippen LogP contribution is -2.48. The van der Waals surface area contributed by atoms with Crippen molar-refractivity contribution in [2.75, 3.05) is 37.8 Å². The summed E-state index contributed by atoms with van der Waals surface area (Å²) < 4.78 is 17.6. The molecule has 6 heteroatoms. The van der Waals surface area contributed by atoms with Gasteiger partial charge in [0.05, 0.1) is 24.6 Å². The molecule has 2 aromatic rings. The second-order valence-electron chi connectivity index (χ2n) is 6.55. The molecule has 1 aliphatic heterocycles. The van der Waals surface area contributed by atoms with Crippen LogP contribution in [0.1, 0.15) is 13.8 Å². The lowest BCUT2D eigenvalue weighted by molar-refractivity contribution is -0.00595. The van der Waals surface area contributed by atoms with Crippen LogP contribution in [-0.2, 0) is 4.74 Å². The van der Waals surface area contributed by atoms with Gasteiger partial charge in [0.15, 0.2) is 11.5 Å². The number of ether oxygens (including phenoxy) is 3. The SMILES string of the molecule is CC(Oc1ccccc1Oc1ccc(N)c(N)c1)C(C)N1CCOCC1. The number of nitrogens with zero attached hydrogens (tertiary/aromatic N) is 1. The van der Waals surface area contributed by atoms with E-state index < -0.39 is 0 Å². The van der Waals surface area contributed by atoms with Crippen LogP contribution < -0.4 is 20.9 Å². The zero-order chi connectivity index (χ0) is 18.5. The van der Waals surface area contributed by atoms with Gasteiger partial charge in [-0.1, -0.05) is 12.1 Å². The molecule has 1 saturated heterocycles. The van der Waals surface area contributed by atoms with Gasteiger partial charge in [-0.15, -0.1) is 0 Å². The summed E-state index contributed by atoms with van der Waals surface area (Å²) in [5.41, 5.74) is 12.7. The number of morpholine rings is 1. The Morgan fingerprint density at radius 3 is 2.35 bits per heavy atom. The molecule has 2 atom stereocenters. The van der Waals surface area contributed by atoms with E-state index >= 15 is 0 Å². The number of hydrogen-bond acceptors (Lipinski definition) is 6. The molecule has 2 aromatic carbocycles. The Bertz CT molecular complexity index is 732. The number of anilines is 2. The normalized spacial score (nSPS) is 17.5. The van der Waals surface area contributed by atoms with Gasteiger partial charge in [-0.25, -0.2) is 0 Å². The highest BCUT2D eigenvalue weighted by atomic mass is 16.5. The lowest BCUT2D eigenvalue weighted by Gasteiger charge is -2.35. The van der Waals surface area contributed by atoms with Crippen molar-refractivity contribution in [3.63, 3.8) is 0 Å². The summed E-state index contributed by atoms with van der Waals surface area (Å²) in [7, 11) is 0. The molecule has 0 amide bonds. The molecule has 2 unspecified atom stereocenters. The minimum Gasteiger partial charge on any atom is -0.485 e. The first-order chi connectivity index (χ1) is 12.5. The van der Waals surface area contributed by atoms with Crippen LogP contribution in [0.15, 0.2) is 42.5 Å². The molecule has 1 fully saturated rings. The van der Waals surface area contributed by atoms with Gasteiger partial charge in [0.2, 0.25) is 0 Å². The fourth-order valence-electron chi connectivity index (χ4n) is 2.96. The predicted molar refractivity (Wildman–Crippen MR) is 104 cm³/mol. The van der Waals surface area contributed by atoms with Crippen LogP contribution >= 0.6 is 0 Å². The van der Waals surface area contributed by atoms with Crippen LogP contribution in [0.5, 0.6) is 17.2 Å². The largest absolute Gasteiger partial charge is 0.485 e. The van der Waals surface area contributed by atoms with E-state index in [0.29, 0.717) is 28.6 Å². The van der Waals surface area contributed by atoms with Crippen molar-refractivity contribution in [1.82, 2.24) is 4.90 Å². The average Bonchev–Trinajstić information content (AvgIpc) is 2.66. The van der Waals surface area contributed by atoms with Crippen molar-refractivity contribution < 1.29 is 14.2 Å². The number of rotatable bonds is 6. The minimum atomic E-state index is 0.00865. The van der Waals surface area contributed by atoms with Gasteiger partial charge < -0.3 is 25.7 Å². The molecule has 0 aromatic heterocycles. The molecule has 26 heavy (non-hydrogen) atoms. The number of benzene rings is 2. The van der Waals surface area contributed by atoms with E-state index in [4.69, 9.17) is 25.7 Å². The maximum atomic E-state index is 6.22. The molecule has 0 spiro atoms. The fourth-order valence-corrected chi connectivity index (χ4v) is 2.96. The van der Waals surface area contributed by atoms with Crippen LogP contribution in [-0.4, -0.2) is 43.3 Å². The van der Waals surface area contributed by atoms with Gasteiger partial charge >= 0.3 is 0 Å². The van der Waals surface area contributed by atoms with Crippen molar-refractivity contribution in [2.24, 2.45) is 0 Å². The van der Waals surface area contributed by atoms with Gasteiger partial charge in [0.1, 0.15) is 11.9 Å². The Balaban J connectivity index is 1.70. The molecule has 0 radical (unpaired) electrons. The zero-order valence-electron chi connectivity index (χ0n) is 15.4. The van der Waals surface area contributed by atoms with E-state index in [0.717, 1.165) is 26.3 Å². The standard InChI is InChI=1S/C20H27N3O3/c1-14(23-9-11-24-12-10-23)15(2)25-19-5-3-4-6-20(19)26-16-7-8-17(21)18(22)13-16/h3-8,13-15H,9-12,21-22H2,1-2H3. The number of nitrogens with two attached hydrogens (primary N) is 2. The molecule has 1 heterocycles. The van der Waals surface area contributed by atoms with Gasteiger partial charge in [-0.05, 0) is 38.1 Å². The number of hydrogen-bond donors (Lipinski definition) is 2. The van der Waals surface area contributed by atoms with Crippen LogP contribution in [0.4, 0.5) is 11.4 Å². The molecular weight excluding hydrogens is 330 g/mol. The molecule has 140 valence electrons. The topological polar surface area (TPSA) is 83.0 Å². The Hall–Kier alpha value is -2.44. The highest BCUT2D eigenvalue weighted by Gasteiger charge is 2.24. The van der Waals surface area contributed by atoms with Crippen molar-refractivity contribution >= 4 is 11.4 Å². The highest BCUT2D eigenvalue weighted by molar-refractivity contribution is 5.65. The molecule has 4 N–H and O–H groups in total. The minimum absolute atomic E-state index is 0.00865. The smallest absolute Gasteiger partial charge is 0.169 e. The highest BCUT2D eigenvalue weighted by Crippen LogP contribution is 2.34. The third kappa shape index (κ3) is 4.39. The van der Waals surface area contributed by atoms with E-state index in [2.05, 4.69) is 18.7 Å². The number of nitrogen functional groups attached to an aromatic ring is 2. The molecular formula is C20H27N3O3. The van der Waals surface area contributed by atoms with Crippen molar-refractivity contribution in [2.45, 2.75) is 26.0 Å². The summed E-state index contributed by atoms with van der Waals surface area (Å²) in [6.07, 6.45) is 0.00865. The summed E-state index contributed by atoms with van der Waals surface area (Å²) in [5, 5.41) is 0. The first-order valence-electron chi connectivity index (χ1n) is 8.95. The van der Waals surface area contributed by atoms with E-state index in [1.54, 1.807) is 18.2 Å². The van der Waals surface area contributed by atoms with Gasteiger partial charge in [0.25, 0.3) is 0 Å².